The fraction of sp³-hybridized carbons (Fsp3) is 0.500. The third-order valence-electron chi connectivity index (χ3n) is 6.54. The van der Waals surface area contributed by atoms with Crippen LogP contribution in [0.15, 0.2) is 42.5 Å². The molecule has 1 fully saturated rings. The Hall–Kier alpha value is -2.08. The van der Waals surface area contributed by atoms with E-state index in [1.54, 1.807) is 0 Å². The molecule has 0 bridgehead atoms. The standard InChI is InChI=1S/C24H32N2O3/c25-16-23-19-8-9-21(27)24(28)20(19)15-22(29-23)18-10-13-26(14-11-18)12-4-7-17-5-2-1-3-6-17/h1-3,5-6,8-9,18,22-23,27-28H,4,7,10-16,25H2. The van der Waals surface area contributed by atoms with Gasteiger partial charge in [-0.05, 0) is 68.4 Å². The number of nitrogens with zero attached hydrogens (tertiary/aromatic N) is 1. The van der Waals surface area contributed by atoms with Gasteiger partial charge in [-0.15, -0.1) is 0 Å². The fourth-order valence-electron chi connectivity index (χ4n) is 4.85. The molecule has 29 heavy (non-hydrogen) atoms. The highest BCUT2D eigenvalue weighted by Crippen LogP contribution is 2.42. The van der Waals surface area contributed by atoms with Crippen LogP contribution in [0.2, 0.25) is 0 Å². The third kappa shape index (κ3) is 4.58. The lowest BCUT2D eigenvalue weighted by Crippen LogP contribution is -2.42. The molecule has 2 aliphatic rings. The van der Waals surface area contributed by atoms with Crippen LogP contribution in [0.25, 0.3) is 0 Å². The van der Waals surface area contributed by atoms with Crippen molar-refractivity contribution in [3.63, 3.8) is 0 Å². The molecule has 0 radical (unpaired) electrons. The molecule has 0 aromatic heterocycles. The summed E-state index contributed by atoms with van der Waals surface area (Å²) in [6, 6.07) is 14.0. The first-order chi connectivity index (χ1) is 14.2. The van der Waals surface area contributed by atoms with Gasteiger partial charge in [0, 0.05) is 18.5 Å². The van der Waals surface area contributed by atoms with E-state index in [2.05, 4.69) is 35.2 Å². The summed E-state index contributed by atoms with van der Waals surface area (Å²) in [5.41, 5.74) is 9.08. The summed E-state index contributed by atoms with van der Waals surface area (Å²) in [4.78, 5) is 2.56. The highest BCUT2D eigenvalue weighted by Gasteiger charge is 2.35. The van der Waals surface area contributed by atoms with Crippen LogP contribution in [-0.4, -0.2) is 47.4 Å². The number of ether oxygens (including phenoxy) is 1. The number of phenolic OH excluding ortho intramolecular Hbond substituents is 2. The van der Waals surface area contributed by atoms with Crippen molar-refractivity contribution in [1.82, 2.24) is 4.90 Å². The molecule has 5 heteroatoms. The van der Waals surface area contributed by atoms with Gasteiger partial charge in [-0.25, -0.2) is 0 Å². The number of aryl methyl sites for hydroxylation is 1. The molecule has 1 saturated heterocycles. The highest BCUT2D eigenvalue weighted by molar-refractivity contribution is 5.51. The van der Waals surface area contributed by atoms with Gasteiger partial charge in [0.25, 0.3) is 0 Å². The maximum absolute atomic E-state index is 10.4. The normalized spacial score (nSPS) is 23.1. The van der Waals surface area contributed by atoms with Crippen molar-refractivity contribution < 1.29 is 14.9 Å². The third-order valence-corrected chi connectivity index (χ3v) is 6.54. The summed E-state index contributed by atoms with van der Waals surface area (Å²) in [6.07, 6.45) is 5.00. The van der Waals surface area contributed by atoms with Crippen molar-refractivity contribution in [3.05, 3.63) is 59.2 Å². The average Bonchev–Trinajstić information content (AvgIpc) is 2.77. The second kappa shape index (κ2) is 9.16. The molecule has 156 valence electrons. The number of hydrogen-bond acceptors (Lipinski definition) is 5. The Morgan fingerprint density at radius 3 is 2.52 bits per heavy atom. The van der Waals surface area contributed by atoms with Crippen LogP contribution >= 0.6 is 0 Å². The van der Waals surface area contributed by atoms with Gasteiger partial charge in [0.05, 0.1) is 12.2 Å². The Balaban J connectivity index is 1.31. The highest BCUT2D eigenvalue weighted by atomic mass is 16.5. The van der Waals surface area contributed by atoms with Gasteiger partial charge in [0.2, 0.25) is 0 Å². The largest absolute Gasteiger partial charge is 0.504 e. The zero-order chi connectivity index (χ0) is 20.2. The predicted octanol–water partition coefficient (Wildman–Crippen LogP) is 3.38. The number of piperidine rings is 1. The van der Waals surface area contributed by atoms with E-state index in [1.807, 2.05) is 6.07 Å². The van der Waals surface area contributed by atoms with E-state index in [4.69, 9.17) is 10.5 Å². The van der Waals surface area contributed by atoms with Crippen molar-refractivity contribution >= 4 is 0 Å². The summed E-state index contributed by atoms with van der Waals surface area (Å²) >= 11 is 0. The topological polar surface area (TPSA) is 79.0 Å². The first-order valence-corrected chi connectivity index (χ1v) is 10.8. The first kappa shape index (κ1) is 20.2. The number of benzene rings is 2. The smallest absolute Gasteiger partial charge is 0.161 e. The van der Waals surface area contributed by atoms with Crippen molar-refractivity contribution in [3.8, 4) is 11.5 Å². The Morgan fingerprint density at radius 1 is 1.03 bits per heavy atom. The number of nitrogens with two attached hydrogens (primary N) is 1. The van der Waals surface area contributed by atoms with E-state index in [9.17, 15) is 10.2 Å². The monoisotopic (exact) mass is 396 g/mol. The SMILES string of the molecule is NCC1OC(C2CCN(CCCc3ccccc3)CC2)Cc2c1ccc(O)c2O. The van der Waals surface area contributed by atoms with Gasteiger partial charge in [-0.2, -0.15) is 0 Å². The molecule has 0 saturated carbocycles. The molecule has 2 unspecified atom stereocenters. The van der Waals surface area contributed by atoms with Gasteiger partial charge in [0.1, 0.15) is 0 Å². The number of rotatable bonds is 6. The molecule has 2 aromatic rings. The van der Waals surface area contributed by atoms with E-state index < -0.39 is 0 Å². The van der Waals surface area contributed by atoms with Gasteiger partial charge in [-0.1, -0.05) is 36.4 Å². The molecular weight excluding hydrogens is 364 g/mol. The van der Waals surface area contributed by atoms with Crippen LogP contribution in [0.4, 0.5) is 0 Å². The minimum atomic E-state index is -0.209. The van der Waals surface area contributed by atoms with Crippen LogP contribution in [0, 0.1) is 5.92 Å². The van der Waals surface area contributed by atoms with Gasteiger partial charge in [-0.3, -0.25) is 0 Å². The number of likely N-dealkylation sites (tertiary alicyclic amines) is 1. The second-order valence-corrected chi connectivity index (χ2v) is 8.37. The molecule has 0 amide bonds. The Bertz CT molecular complexity index is 803. The number of fused-ring (bicyclic) bond motifs is 1. The van der Waals surface area contributed by atoms with Crippen molar-refractivity contribution in [1.29, 1.82) is 0 Å². The van der Waals surface area contributed by atoms with Gasteiger partial charge >= 0.3 is 0 Å². The Labute approximate surface area is 173 Å². The van der Waals surface area contributed by atoms with Gasteiger partial charge in [0.15, 0.2) is 11.5 Å². The molecule has 2 heterocycles. The molecule has 4 N–H and O–H groups in total. The quantitative estimate of drug-likeness (QED) is 0.653. The predicted molar refractivity (Wildman–Crippen MR) is 114 cm³/mol. The first-order valence-electron chi connectivity index (χ1n) is 10.8. The number of phenols is 2. The van der Waals surface area contributed by atoms with Crippen molar-refractivity contribution in [2.45, 2.75) is 44.3 Å². The summed E-state index contributed by atoms with van der Waals surface area (Å²) < 4.78 is 6.33. The Kier molecular flexibility index (Phi) is 6.38. The summed E-state index contributed by atoms with van der Waals surface area (Å²) in [5, 5.41) is 20.3. The lowest BCUT2D eigenvalue weighted by molar-refractivity contribution is -0.0647. The number of hydrogen-bond donors (Lipinski definition) is 3. The summed E-state index contributed by atoms with van der Waals surface area (Å²) in [5.74, 6) is 0.394. The molecule has 4 rings (SSSR count). The maximum atomic E-state index is 10.4. The molecule has 2 aliphatic heterocycles. The summed E-state index contributed by atoms with van der Waals surface area (Å²) in [7, 11) is 0. The van der Waals surface area contributed by atoms with Gasteiger partial charge < -0.3 is 25.6 Å². The van der Waals surface area contributed by atoms with E-state index >= 15 is 0 Å². The zero-order valence-electron chi connectivity index (χ0n) is 17.0. The minimum Gasteiger partial charge on any atom is -0.504 e. The Morgan fingerprint density at radius 2 is 1.79 bits per heavy atom. The molecular formula is C24H32N2O3. The molecule has 0 aliphatic carbocycles. The van der Waals surface area contributed by atoms with Crippen LogP contribution < -0.4 is 5.73 Å². The van der Waals surface area contributed by atoms with E-state index in [0.29, 0.717) is 18.9 Å². The van der Waals surface area contributed by atoms with Crippen molar-refractivity contribution in [2.24, 2.45) is 11.7 Å². The van der Waals surface area contributed by atoms with Crippen molar-refractivity contribution in [2.75, 3.05) is 26.2 Å². The molecule has 2 atom stereocenters. The maximum Gasteiger partial charge on any atom is 0.161 e. The summed E-state index contributed by atoms with van der Waals surface area (Å²) in [6.45, 7) is 3.69. The fourth-order valence-corrected chi connectivity index (χ4v) is 4.85. The van der Waals surface area contributed by atoms with Crippen LogP contribution in [0.1, 0.15) is 42.1 Å². The average molecular weight is 397 g/mol. The molecule has 2 aromatic carbocycles. The van der Waals surface area contributed by atoms with E-state index in [1.165, 1.54) is 18.1 Å². The van der Waals surface area contributed by atoms with Crippen LogP contribution in [-0.2, 0) is 17.6 Å². The van der Waals surface area contributed by atoms with Crippen LogP contribution in [0.3, 0.4) is 0 Å². The van der Waals surface area contributed by atoms with E-state index in [-0.39, 0.29) is 23.7 Å². The molecule has 5 nitrogen and oxygen atoms in total. The van der Waals surface area contributed by atoms with Crippen LogP contribution in [0.5, 0.6) is 11.5 Å². The lowest BCUT2D eigenvalue weighted by atomic mass is 9.83. The zero-order valence-corrected chi connectivity index (χ0v) is 17.0. The number of aromatic hydroxyl groups is 2. The van der Waals surface area contributed by atoms with E-state index in [0.717, 1.165) is 50.0 Å². The second-order valence-electron chi connectivity index (χ2n) is 8.37. The lowest BCUT2D eigenvalue weighted by Gasteiger charge is -2.40. The molecule has 0 spiro atoms. The minimum absolute atomic E-state index is 0.00685.